The Hall–Kier alpha value is -3.12. The molecular weight excluding hydrogens is 400 g/mol. The molecule has 1 aliphatic carbocycles. The fourth-order valence-corrected chi connectivity index (χ4v) is 5.45. The maximum Gasteiger partial charge on any atom is 0.161 e. The number of likely N-dealkylation sites (tertiary alicyclic amines) is 1. The summed E-state index contributed by atoms with van der Waals surface area (Å²) in [4.78, 5) is 7.17. The summed E-state index contributed by atoms with van der Waals surface area (Å²) in [6.07, 6.45) is 4.14. The Bertz CT molecular complexity index is 1160. The number of aromatic nitrogens is 1. The van der Waals surface area contributed by atoms with Crippen LogP contribution in [0.5, 0.6) is 11.5 Å². The Labute approximate surface area is 189 Å². The number of likely N-dealkylation sites (N-methyl/N-ethyl adjacent to an activating group) is 1. The lowest BCUT2D eigenvalue weighted by Crippen LogP contribution is -2.46. The summed E-state index contributed by atoms with van der Waals surface area (Å²) < 4.78 is 11.1. The predicted molar refractivity (Wildman–Crippen MR) is 129 cm³/mol. The van der Waals surface area contributed by atoms with E-state index in [1.165, 1.54) is 11.3 Å². The van der Waals surface area contributed by atoms with Crippen LogP contribution in [0.15, 0.2) is 59.7 Å². The molecule has 2 aliphatic rings. The van der Waals surface area contributed by atoms with Crippen molar-refractivity contribution in [2.75, 3.05) is 33.2 Å². The average Bonchev–Trinajstić information content (AvgIpc) is 3.19. The van der Waals surface area contributed by atoms with Gasteiger partial charge in [-0.3, -0.25) is 5.43 Å². The maximum atomic E-state index is 5.60. The van der Waals surface area contributed by atoms with E-state index in [0.29, 0.717) is 6.04 Å². The Kier molecular flexibility index (Phi) is 5.47. The van der Waals surface area contributed by atoms with Crippen molar-refractivity contribution in [3.05, 3.63) is 60.2 Å². The van der Waals surface area contributed by atoms with Crippen molar-refractivity contribution in [2.45, 2.75) is 37.1 Å². The van der Waals surface area contributed by atoms with Gasteiger partial charge in [0.1, 0.15) is 5.82 Å². The van der Waals surface area contributed by atoms with Crippen molar-refractivity contribution in [3.63, 3.8) is 0 Å². The number of hydrogen-bond acceptors (Lipinski definition) is 6. The molecule has 5 rings (SSSR count). The zero-order valence-electron chi connectivity index (χ0n) is 19.0. The van der Waals surface area contributed by atoms with Crippen LogP contribution in [-0.2, 0) is 5.41 Å². The molecule has 1 aliphatic heterocycles. The highest BCUT2D eigenvalue weighted by molar-refractivity contribution is 5.87. The number of ether oxygens (including phenoxy) is 2. The fraction of sp³-hybridized carbons (Fsp3) is 0.385. The van der Waals surface area contributed by atoms with E-state index < -0.39 is 0 Å². The molecule has 1 N–H and O–H groups in total. The number of anilines is 1. The molecule has 0 bridgehead atoms. The van der Waals surface area contributed by atoms with E-state index >= 15 is 0 Å². The van der Waals surface area contributed by atoms with Gasteiger partial charge in [-0.2, -0.15) is 5.10 Å². The number of para-hydroxylation sites is 1. The number of hydrazone groups is 1. The summed E-state index contributed by atoms with van der Waals surface area (Å²) in [7, 11) is 5.62. The average molecular weight is 431 g/mol. The number of nitrogens with one attached hydrogen (secondary N) is 1. The first-order chi connectivity index (χ1) is 15.6. The number of benzene rings is 2. The van der Waals surface area contributed by atoms with Crippen LogP contribution < -0.4 is 14.9 Å². The van der Waals surface area contributed by atoms with Gasteiger partial charge in [0.15, 0.2) is 11.5 Å². The Morgan fingerprint density at radius 1 is 1.03 bits per heavy atom. The second-order valence-electron chi connectivity index (χ2n) is 8.86. The Morgan fingerprint density at radius 3 is 2.72 bits per heavy atom. The lowest BCUT2D eigenvalue weighted by atomic mass is 9.65. The zero-order valence-corrected chi connectivity index (χ0v) is 19.0. The number of nitrogens with zero attached hydrogens (tertiary/aromatic N) is 3. The van der Waals surface area contributed by atoms with Crippen LogP contribution in [0.4, 0.5) is 5.82 Å². The van der Waals surface area contributed by atoms with Crippen LogP contribution >= 0.6 is 0 Å². The van der Waals surface area contributed by atoms with Gasteiger partial charge in [0.2, 0.25) is 0 Å². The molecule has 32 heavy (non-hydrogen) atoms. The predicted octanol–water partition coefficient (Wildman–Crippen LogP) is 4.85. The van der Waals surface area contributed by atoms with E-state index in [1.807, 2.05) is 30.3 Å². The summed E-state index contributed by atoms with van der Waals surface area (Å²) in [6, 6.07) is 19.1. The standard InChI is InChI=1S/C26H30N4O2/c1-30-15-14-26(19-9-10-22(31-2)23(16-19)32-3)13-12-20(17-24(26)30)28-29-25-11-8-18-6-4-5-7-21(18)27-25/h4-11,16,24H,12-15,17H2,1-3H3,(H,27,29)/b28-20+/t24-,26-/m0/s1. The molecule has 0 amide bonds. The highest BCUT2D eigenvalue weighted by Crippen LogP contribution is 2.49. The molecule has 0 radical (unpaired) electrons. The van der Waals surface area contributed by atoms with Crippen LogP contribution in [0.1, 0.15) is 31.2 Å². The molecule has 1 saturated carbocycles. The quantitative estimate of drug-likeness (QED) is 0.587. The highest BCUT2D eigenvalue weighted by Gasteiger charge is 2.49. The van der Waals surface area contributed by atoms with E-state index in [2.05, 4.69) is 46.6 Å². The summed E-state index contributed by atoms with van der Waals surface area (Å²) >= 11 is 0. The molecule has 2 aromatic carbocycles. The first-order valence-electron chi connectivity index (χ1n) is 11.2. The van der Waals surface area contributed by atoms with Gasteiger partial charge in [-0.25, -0.2) is 4.98 Å². The van der Waals surface area contributed by atoms with Gasteiger partial charge in [0.05, 0.1) is 19.7 Å². The van der Waals surface area contributed by atoms with E-state index in [9.17, 15) is 0 Å². The molecule has 2 heterocycles. The SMILES string of the molecule is COc1ccc([C@@]23CC/C(=N\Nc4ccc5ccccc5n4)C[C@@H]2N(C)CC3)cc1OC. The maximum absolute atomic E-state index is 5.60. The normalized spacial score (nSPS) is 24.5. The first kappa shape index (κ1) is 20.8. The molecule has 166 valence electrons. The van der Waals surface area contributed by atoms with Crippen molar-refractivity contribution in [1.29, 1.82) is 0 Å². The van der Waals surface area contributed by atoms with Gasteiger partial charge in [0.25, 0.3) is 0 Å². The smallest absolute Gasteiger partial charge is 0.161 e. The van der Waals surface area contributed by atoms with Crippen LogP contribution in [0.25, 0.3) is 10.9 Å². The molecule has 0 spiro atoms. The van der Waals surface area contributed by atoms with E-state index in [-0.39, 0.29) is 5.41 Å². The number of fused-ring (bicyclic) bond motifs is 2. The second-order valence-corrected chi connectivity index (χ2v) is 8.86. The molecule has 6 heteroatoms. The molecule has 3 aromatic rings. The van der Waals surface area contributed by atoms with E-state index in [0.717, 1.165) is 60.4 Å². The summed E-state index contributed by atoms with van der Waals surface area (Å²) in [6.45, 7) is 1.09. The fourth-order valence-electron chi connectivity index (χ4n) is 5.45. The monoisotopic (exact) mass is 430 g/mol. The Morgan fingerprint density at radius 2 is 1.88 bits per heavy atom. The topological polar surface area (TPSA) is 59.0 Å². The number of pyridine rings is 1. The molecule has 0 unspecified atom stereocenters. The largest absolute Gasteiger partial charge is 0.493 e. The molecule has 2 atom stereocenters. The molecular formula is C26H30N4O2. The molecule has 6 nitrogen and oxygen atoms in total. The third-order valence-electron chi connectivity index (χ3n) is 7.25. The minimum Gasteiger partial charge on any atom is -0.493 e. The van der Waals surface area contributed by atoms with Gasteiger partial charge in [-0.1, -0.05) is 24.3 Å². The van der Waals surface area contributed by atoms with Crippen molar-refractivity contribution in [2.24, 2.45) is 5.10 Å². The number of rotatable bonds is 5. The van der Waals surface area contributed by atoms with Gasteiger partial charge in [0, 0.05) is 29.0 Å². The Balaban J connectivity index is 1.38. The van der Waals surface area contributed by atoms with Crippen LogP contribution in [0.2, 0.25) is 0 Å². The second kappa shape index (κ2) is 8.43. The van der Waals surface area contributed by atoms with Crippen LogP contribution in [0, 0.1) is 0 Å². The van der Waals surface area contributed by atoms with E-state index in [1.54, 1.807) is 14.2 Å². The van der Waals surface area contributed by atoms with Crippen LogP contribution in [0.3, 0.4) is 0 Å². The lowest BCUT2D eigenvalue weighted by Gasteiger charge is -2.42. The summed E-state index contributed by atoms with van der Waals surface area (Å²) in [5.41, 5.74) is 6.85. The van der Waals surface area contributed by atoms with Gasteiger partial charge >= 0.3 is 0 Å². The molecule has 1 saturated heterocycles. The minimum atomic E-state index is 0.120. The van der Waals surface area contributed by atoms with E-state index in [4.69, 9.17) is 14.6 Å². The van der Waals surface area contributed by atoms with Crippen molar-refractivity contribution in [1.82, 2.24) is 9.88 Å². The van der Waals surface area contributed by atoms with Gasteiger partial charge in [-0.05, 0) is 68.8 Å². The third-order valence-corrected chi connectivity index (χ3v) is 7.25. The minimum absolute atomic E-state index is 0.120. The zero-order chi connectivity index (χ0) is 22.1. The summed E-state index contributed by atoms with van der Waals surface area (Å²) in [5, 5.41) is 5.91. The molecule has 2 fully saturated rings. The van der Waals surface area contributed by atoms with Gasteiger partial charge in [-0.15, -0.1) is 0 Å². The number of hydrogen-bond donors (Lipinski definition) is 1. The van der Waals surface area contributed by atoms with Crippen molar-refractivity contribution >= 4 is 22.4 Å². The number of methoxy groups -OCH3 is 2. The van der Waals surface area contributed by atoms with Crippen molar-refractivity contribution < 1.29 is 9.47 Å². The van der Waals surface area contributed by atoms with Gasteiger partial charge < -0.3 is 14.4 Å². The lowest BCUT2D eigenvalue weighted by molar-refractivity contribution is 0.226. The highest BCUT2D eigenvalue weighted by atomic mass is 16.5. The van der Waals surface area contributed by atoms with Crippen LogP contribution in [-0.4, -0.2) is 49.4 Å². The third kappa shape index (κ3) is 3.58. The summed E-state index contributed by atoms with van der Waals surface area (Å²) in [5.74, 6) is 2.37. The van der Waals surface area contributed by atoms with Crippen molar-refractivity contribution in [3.8, 4) is 11.5 Å². The first-order valence-corrected chi connectivity index (χ1v) is 11.2. The molecule has 1 aromatic heterocycles.